The number of carbonyl (C=O) groups excluding carboxylic acids is 3. The maximum Gasteiger partial charge on any atom is 0.534 e. The SMILES string of the molecule is C[C@@H]1CC(OC(=O)ON2C(=O)CCC2=O)C[C@@H]1C. The molecule has 2 aliphatic rings. The van der Waals surface area contributed by atoms with Crippen LogP contribution in [0.5, 0.6) is 0 Å². The fourth-order valence-electron chi connectivity index (χ4n) is 2.38. The Labute approximate surface area is 105 Å². The molecule has 2 amide bonds. The van der Waals surface area contributed by atoms with Crippen LogP contribution in [0.25, 0.3) is 0 Å². The van der Waals surface area contributed by atoms with Crippen LogP contribution in [0.2, 0.25) is 0 Å². The molecule has 1 aliphatic carbocycles. The Morgan fingerprint density at radius 3 is 2.11 bits per heavy atom. The Balaban J connectivity index is 1.82. The van der Waals surface area contributed by atoms with Gasteiger partial charge in [-0.05, 0) is 24.7 Å². The first-order valence-electron chi connectivity index (χ1n) is 6.21. The van der Waals surface area contributed by atoms with Gasteiger partial charge in [-0.2, -0.15) is 0 Å². The van der Waals surface area contributed by atoms with Crippen molar-refractivity contribution in [3.63, 3.8) is 0 Å². The smallest absolute Gasteiger partial charge is 0.429 e. The fourth-order valence-corrected chi connectivity index (χ4v) is 2.38. The van der Waals surface area contributed by atoms with Crippen molar-refractivity contribution in [2.24, 2.45) is 11.8 Å². The molecule has 1 unspecified atom stereocenters. The summed E-state index contributed by atoms with van der Waals surface area (Å²) in [6.45, 7) is 4.21. The van der Waals surface area contributed by atoms with Gasteiger partial charge in [-0.25, -0.2) is 4.79 Å². The number of rotatable bonds is 2. The van der Waals surface area contributed by atoms with Gasteiger partial charge in [0, 0.05) is 12.8 Å². The van der Waals surface area contributed by atoms with Crippen molar-refractivity contribution >= 4 is 18.0 Å². The topological polar surface area (TPSA) is 72.9 Å². The lowest BCUT2D eigenvalue weighted by Crippen LogP contribution is -2.33. The third kappa shape index (κ3) is 2.63. The lowest BCUT2D eigenvalue weighted by atomic mass is 10.0. The first-order valence-corrected chi connectivity index (χ1v) is 6.21. The quantitative estimate of drug-likeness (QED) is 0.554. The maximum absolute atomic E-state index is 11.5. The Hall–Kier alpha value is -1.59. The summed E-state index contributed by atoms with van der Waals surface area (Å²) >= 11 is 0. The first kappa shape index (κ1) is 12.9. The summed E-state index contributed by atoms with van der Waals surface area (Å²) in [4.78, 5) is 38.6. The highest BCUT2D eigenvalue weighted by molar-refractivity contribution is 6.01. The zero-order valence-corrected chi connectivity index (χ0v) is 10.5. The summed E-state index contributed by atoms with van der Waals surface area (Å²) in [6.07, 6.45) is 0.601. The van der Waals surface area contributed by atoms with Crippen LogP contribution in [-0.4, -0.2) is 29.1 Å². The van der Waals surface area contributed by atoms with Crippen LogP contribution in [0, 0.1) is 11.8 Å². The van der Waals surface area contributed by atoms with E-state index >= 15 is 0 Å². The highest BCUT2D eigenvalue weighted by Crippen LogP contribution is 2.33. The summed E-state index contributed by atoms with van der Waals surface area (Å²) in [5.74, 6) is 0.00548. The van der Waals surface area contributed by atoms with Crippen LogP contribution in [0.1, 0.15) is 39.5 Å². The van der Waals surface area contributed by atoms with Gasteiger partial charge in [-0.3, -0.25) is 14.4 Å². The minimum absolute atomic E-state index is 0.0869. The molecule has 0 aromatic heterocycles. The fraction of sp³-hybridized carbons (Fsp3) is 0.750. The van der Waals surface area contributed by atoms with Crippen molar-refractivity contribution in [3.05, 3.63) is 0 Å². The number of imide groups is 1. The highest BCUT2D eigenvalue weighted by Gasteiger charge is 2.36. The molecular formula is C12H17NO5. The lowest BCUT2D eigenvalue weighted by Gasteiger charge is -2.15. The molecule has 0 aromatic carbocycles. The highest BCUT2D eigenvalue weighted by atomic mass is 16.8. The van der Waals surface area contributed by atoms with E-state index in [0.717, 1.165) is 12.8 Å². The Bertz CT molecular complexity index is 355. The number of hydroxylamine groups is 2. The van der Waals surface area contributed by atoms with Crippen LogP contribution in [0.15, 0.2) is 0 Å². The van der Waals surface area contributed by atoms with Crippen molar-refractivity contribution in [2.45, 2.75) is 45.6 Å². The average Bonchev–Trinajstić information content (AvgIpc) is 2.76. The second-order valence-corrected chi connectivity index (χ2v) is 5.09. The molecule has 6 heteroatoms. The van der Waals surface area contributed by atoms with E-state index in [1.54, 1.807) is 0 Å². The first-order chi connectivity index (χ1) is 8.47. The zero-order chi connectivity index (χ0) is 13.3. The third-order valence-corrected chi connectivity index (χ3v) is 3.68. The van der Waals surface area contributed by atoms with Gasteiger partial charge >= 0.3 is 6.16 Å². The van der Waals surface area contributed by atoms with E-state index in [0.29, 0.717) is 16.9 Å². The summed E-state index contributed by atoms with van der Waals surface area (Å²) in [5, 5.41) is 0.504. The van der Waals surface area contributed by atoms with E-state index in [9.17, 15) is 14.4 Å². The summed E-state index contributed by atoms with van der Waals surface area (Å²) < 4.78 is 5.10. The van der Waals surface area contributed by atoms with Crippen LogP contribution in [0.4, 0.5) is 4.79 Å². The van der Waals surface area contributed by atoms with E-state index in [-0.39, 0.29) is 18.9 Å². The number of nitrogens with zero attached hydrogens (tertiary/aromatic N) is 1. The van der Waals surface area contributed by atoms with Crippen molar-refractivity contribution in [2.75, 3.05) is 0 Å². The predicted octanol–water partition coefficient (Wildman–Crippen LogP) is 1.64. The average molecular weight is 255 g/mol. The van der Waals surface area contributed by atoms with Crippen molar-refractivity contribution in [1.82, 2.24) is 5.06 Å². The minimum atomic E-state index is -0.968. The van der Waals surface area contributed by atoms with Crippen molar-refractivity contribution in [3.8, 4) is 0 Å². The molecule has 100 valence electrons. The van der Waals surface area contributed by atoms with Gasteiger partial charge < -0.3 is 4.74 Å². The molecule has 3 atom stereocenters. The molecule has 0 radical (unpaired) electrons. The number of ether oxygens (including phenoxy) is 1. The van der Waals surface area contributed by atoms with Gasteiger partial charge in [-0.1, -0.05) is 18.9 Å². The third-order valence-electron chi connectivity index (χ3n) is 3.68. The zero-order valence-electron chi connectivity index (χ0n) is 10.5. The molecule has 0 aromatic rings. The molecule has 6 nitrogen and oxygen atoms in total. The van der Waals surface area contributed by atoms with Crippen molar-refractivity contribution in [1.29, 1.82) is 0 Å². The molecule has 0 bridgehead atoms. The maximum atomic E-state index is 11.5. The summed E-state index contributed by atoms with van der Waals surface area (Å²) in [6, 6.07) is 0. The Kier molecular flexibility index (Phi) is 3.54. The molecule has 1 saturated carbocycles. The molecule has 1 saturated heterocycles. The van der Waals surface area contributed by atoms with E-state index in [1.165, 1.54) is 0 Å². The van der Waals surface area contributed by atoms with Gasteiger partial charge in [0.25, 0.3) is 11.8 Å². The lowest BCUT2D eigenvalue weighted by molar-refractivity contribution is -0.178. The largest absolute Gasteiger partial charge is 0.534 e. The molecule has 0 N–H and O–H groups in total. The molecule has 2 fully saturated rings. The molecule has 18 heavy (non-hydrogen) atoms. The molecule has 1 aliphatic heterocycles. The van der Waals surface area contributed by atoms with Crippen LogP contribution in [0.3, 0.4) is 0 Å². The summed E-state index contributed by atoms with van der Waals surface area (Å²) in [5.41, 5.74) is 0. The summed E-state index contributed by atoms with van der Waals surface area (Å²) in [7, 11) is 0. The molecule has 1 heterocycles. The number of amides is 2. The monoisotopic (exact) mass is 255 g/mol. The Morgan fingerprint density at radius 2 is 1.61 bits per heavy atom. The second kappa shape index (κ2) is 4.96. The van der Waals surface area contributed by atoms with Crippen LogP contribution >= 0.6 is 0 Å². The van der Waals surface area contributed by atoms with E-state index < -0.39 is 18.0 Å². The standard InChI is InChI=1S/C12H17NO5/c1-7-5-9(6-8(7)2)17-12(16)18-13-10(14)3-4-11(13)15/h7-9H,3-6H2,1-2H3/t7-,8+,9?. The van der Waals surface area contributed by atoms with Crippen molar-refractivity contribution < 1.29 is 24.0 Å². The number of hydrogen-bond donors (Lipinski definition) is 0. The van der Waals surface area contributed by atoms with E-state index in [4.69, 9.17) is 4.74 Å². The van der Waals surface area contributed by atoms with Gasteiger partial charge in [0.2, 0.25) is 0 Å². The Morgan fingerprint density at radius 1 is 1.11 bits per heavy atom. The number of hydrogen-bond acceptors (Lipinski definition) is 5. The molecule has 2 rings (SSSR count). The minimum Gasteiger partial charge on any atom is -0.429 e. The molecular weight excluding hydrogens is 238 g/mol. The predicted molar refractivity (Wildman–Crippen MR) is 60.0 cm³/mol. The van der Waals surface area contributed by atoms with Crippen LogP contribution in [-0.2, 0) is 19.2 Å². The number of carbonyl (C=O) groups is 3. The van der Waals surface area contributed by atoms with Crippen LogP contribution < -0.4 is 0 Å². The van der Waals surface area contributed by atoms with Gasteiger partial charge in [0.1, 0.15) is 6.10 Å². The van der Waals surface area contributed by atoms with Gasteiger partial charge in [0.15, 0.2) is 0 Å². The second-order valence-electron chi connectivity index (χ2n) is 5.09. The molecule has 0 spiro atoms. The van der Waals surface area contributed by atoms with Gasteiger partial charge in [-0.15, -0.1) is 0 Å². The van der Waals surface area contributed by atoms with Gasteiger partial charge in [0.05, 0.1) is 0 Å². The normalized spacial score (nSPS) is 31.9. The van der Waals surface area contributed by atoms with E-state index in [1.807, 2.05) is 0 Å². The van der Waals surface area contributed by atoms with E-state index in [2.05, 4.69) is 18.7 Å².